The molecule has 1 N–H and O–H groups in total. The monoisotopic (exact) mass is 482 g/mol. The number of hydrogen-bond donors (Lipinski definition) is 1. The summed E-state index contributed by atoms with van der Waals surface area (Å²) in [6, 6.07) is 6.96. The summed E-state index contributed by atoms with van der Waals surface area (Å²) in [6.07, 6.45) is -3.72. The molecule has 0 saturated carbocycles. The van der Waals surface area contributed by atoms with E-state index in [9.17, 15) is 18.0 Å². The van der Waals surface area contributed by atoms with Crippen molar-refractivity contribution >= 4 is 6.03 Å². The fraction of sp³-hybridized carbons (Fsp3) is 0.565. The van der Waals surface area contributed by atoms with Crippen molar-refractivity contribution in [2.24, 2.45) is 0 Å². The summed E-state index contributed by atoms with van der Waals surface area (Å²) in [5.74, 6) is 0.250. The quantitative estimate of drug-likeness (QED) is 0.638. The standard InChI is InChI=1S/C23H29F3N4O4/c1-32-10-11-34-21-13-20(27-28-21)18-12-17(16-2-4-19(5-3-16)23(24,25)26)14-30(15-18)22(31)29-6-8-33-9-7-29/h2-5,13,17-18H,6-12,14-15H2,1H3,(H,27,28). The van der Waals surface area contributed by atoms with E-state index in [-0.39, 0.29) is 17.9 Å². The van der Waals surface area contributed by atoms with Crippen molar-refractivity contribution in [2.45, 2.75) is 24.4 Å². The van der Waals surface area contributed by atoms with E-state index in [1.165, 1.54) is 12.1 Å². The van der Waals surface area contributed by atoms with Crippen molar-refractivity contribution in [1.82, 2.24) is 20.0 Å². The Morgan fingerprint density at radius 2 is 1.82 bits per heavy atom. The molecule has 8 nitrogen and oxygen atoms in total. The zero-order chi connectivity index (χ0) is 24.1. The van der Waals surface area contributed by atoms with Gasteiger partial charge in [0.25, 0.3) is 0 Å². The lowest BCUT2D eigenvalue weighted by molar-refractivity contribution is -0.137. The largest absolute Gasteiger partial charge is 0.474 e. The number of carbonyl (C=O) groups is 1. The topological polar surface area (TPSA) is 79.9 Å². The second kappa shape index (κ2) is 10.6. The Morgan fingerprint density at radius 3 is 2.50 bits per heavy atom. The van der Waals surface area contributed by atoms with Crippen LogP contribution in [0.15, 0.2) is 30.3 Å². The molecule has 2 fully saturated rings. The smallest absolute Gasteiger partial charge is 0.416 e. The number of nitrogens with zero attached hydrogens (tertiary/aromatic N) is 3. The minimum absolute atomic E-state index is 0.0710. The average Bonchev–Trinajstić information content (AvgIpc) is 3.33. The van der Waals surface area contributed by atoms with Crippen molar-refractivity contribution in [3.05, 3.63) is 47.2 Å². The Kier molecular flexibility index (Phi) is 7.62. The summed E-state index contributed by atoms with van der Waals surface area (Å²) in [6.45, 7) is 3.74. The molecule has 2 unspecified atom stereocenters. The maximum Gasteiger partial charge on any atom is 0.416 e. The molecule has 1 aromatic heterocycles. The third kappa shape index (κ3) is 5.82. The van der Waals surface area contributed by atoms with E-state index in [0.717, 1.165) is 23.4 Å². The first-order chi connectivity index (χ1) is 16.3. The highest BCUT2D eigenvalue weighted by Gasteiger charge is 2.36. The lowest BCUT2D eigenvalue weighted by Crippen LogP contribution is -2.52. The number of halogens is 3. The maximum absolute atomic E-state index is 13.3. The van der Waals surface area contributed by atoms with Gasteiger partial charge in [-0.25, -0.2) is 4.79 Å². The number of piperidine rings is 1. The zero-order valence-electron chi connectivity index (χ0n) is 19.0. The number of morpholine rings is 1. The molecule has 2 aromatic rings. The lowest BCUT2D eigenvalue weighted by atomic mass is 9.83. The molecule has 2 amide bonds. The molecule has 34 heavy (non-hydrogen) atoms. The van der Waals surface area contributed by atoms with Crippen molar-refractivity contribution < 1.29 is 32.2 Å². The van der Waals surface area contributed by atoms with Crippen LogP contribution in [0.5, 0.6) is 5.88 Å². The van der Waals surface area contributed by atoms with E-state index >= 15 is 0 Å². The second-order valence-electron chi connectivity index (χ2n) is 8.54. The number of H-pyrrole nitrogens is 1. The van der Waals surface area contributed by atoms with Crippen LogP contribution in [0.4, 0.5) is 18.0 Å². The van der Waals surface area contributed by atoms with Gasteiger partial charge in [0.15, 0.2) is 0 Å². The van der Waals surface area contributed by atoms with Crippen LogP contribution in [0, 0.1) is 0 Å². The molecule has 0 aliphatic carbocycles. The van der Waals surface area contributed by atoms with Gasteiger partial charge in [0, 0.05) is 56.9 Å². The van der Waals surface area contributed by atoms with Gasteiger partial charge in [-0.2, -0.15) is 13.2 Å². The number of benzene rings is 1. The fourth-order valence-corrected chi connectivity index (χ4v) is 4.45. The Bertz CT molecular complexity index is 944. The summed E-state index contributed by atoms with van der Waals surface area (Å²) < 4.78 is 55.0. The first-order valence-corrected chi connectivity index (χ1v) is 11.3. The van der Waals surface area contributed by atoms with Crippen LogP contribution in [0.3, 0.4) is 0 Å². The molecular weight excluding hydrogens is 453 g/mol. The predicted molar refractivity (Wildman–Crippen MR) is 117 cm³/mol. The van der Waals surface area contributed by atoms with Crippen LogP contribution < -0.4 is 4.74 Å². The Hall–Kier alpha value is -2.79. The number of nitrogens with one attached hydrogen (secondary N) is 1. The molecule has 11 heteroatoms. The number of rotatable bonds is 6. The van der Waals surface area contributed by atoms with Crippen LogP contribution in [0.25, 0.3) is 0 Å². The summed E-state index contributed by atoms with van der Waals surface area (Å²) in [5.41, 5.74) is 0.911. The molecule has 3 heterocycles. The Balaban J connectivity index is 1.54. The van der Waals surface area contributed by atoms with Crippen LogP contribution in [0.1, 0.15) is 35.1 Å². The number of aromatic nitrogens is 2. The first-order valence-electron chi connectivity index (χ1n) is 11.3. The van der Waals surface area contributed by atoms with Crippen molar-refractivity contribution in [3.8, 4) is 5.88 Å². The van der Waals surface area contributed by atoms with Crippen LogP contribution >= 0.6 is 0 Å². The van der Waals surface area contributed by atoms with Crippen molar-refractivity contribution in [2.75, 3.05) is 59.7 Å². The van der Waals surface area contributed by atoms with E-state index in [1.54, 1.807) is 16.9 Å². The molecule has 186 valence electrons. The minimum Gasteiger partial charge on any atom is -0.474 e. The minimum atomic E-state index is -4.39. The summed E-state index contributed by atoms with van der Waals surface area (Å²) in [7, 11) is 1.59. The molecular formula is C23H29F3N4O4. The Labute approximate surface area is 196 Å². The van der Waals surface area contributed by atoms with Gasteiger partial charge in [-0.15, -0.1) is 5.10 Å². The van der Waals surface area contributed by atoms with E-state index in [2.05, 4.69) is 10.2 Å². The van der Waals surface area contributed by atoms with Gasteiger partial charge in [0.05, 0.1) is 25.4 Å². The molecule has 2 aliphatic heterocycles. The zero-order valence-corrected chi connectivity index (χ0v) is 19.0. The highest BCUT2D eigenvalue weighted by atomic mass is 19.4. The summed E-state index contributed by atoms with van der Waals surface area (Å²) in [4.78, 5) is 16.8. The first kappa shape index (κ1) is 24.3. The van der Waals surface area contributed by atoms with Crippen molar-refractivity contribution in [3.63, 3.8) is 0 Å². The number of carbonyl (C=O) groups excluding carboxylic acids is 1. The normalized spacial score (nSPS) is 21.5. The number of methoxy groups -OCH3 is 1. The summed E-state index contributed by atoms with van der Waals surface area (Å²) in [5, 5.41) is 7.21. The molecule has 0 radical (unpaired) electrons. The van der Waals surface area contributed by atoms with Crippen LogP contribution in [0.2, 0.25) is 0 Å². The molecule has 2 aliphatic rings. The molecule has 1 aromatic carbocycles. The SMILES string of the molecule is COCCOc1cc(C2CC(c3ccc(C(F)(F)F)cc3)CN(C(=O)N3CCOCC3)C2)[nH]n1. The van der Waals surface area contributed by atoms with Gasteiger partial charge in [0.2, 0.25) is 5.88 Å². The molecule has 0 spiro atoms. The van der Waals surface area contributed by atoms with Crippen LogP contribution in [-0.4, -0.2) is 85.7 Å². The molecule has 0 bridgehead atoms. The maximum atomic E-state index is 13.3. The van der Waals surface area contributed by atoms with Gasteiger partial charge in [-0.3, -0.25) is 5.10 Å². The highest BCUT2D eigenvalue weighted by Crippen LogP contribution is 2.37. The van der Waals surface area contributed by atoms with Gasteiger partial charge in [-0.1, -0.05) is 12.1 Å². The Morgan fingerprint density at radius 1 is 1.12 bits per heavy atom. The van der Waals surface area contributed by atoms with Gasteiger partial charge < -0.3 is 24.0 Å². The van der Waals surface area contributed by atoms with Gasteiger partial charge >= 0.3 is 12.2 Å². The van der Waals surface area contributed by atoms with E-state index < -0.39 is 11.7 Å². The number of ether oxygens (including phenoxy) is 3. The number of amides is 2. The van der Waals surface area contributed by atoms with E-state index in [4.69, 9.17) is 14.2 Å². The van der Waals surface area contributed by atoms with Crippen LogP contribution in [-0.2, 0) is 15.7 Å². The van der Waals surface area contributed by atoms with E-state index in [0.29, 0.717) is 64.9 Å². The lowest BCUT2D eigenvalue weighted by Gasteiger charge is -2.41. The number of alkyl halides is 3. The van der Waals surface area contributed by atoms with E-state index in [1.807, 2.05) is 6.07 Å². The number of hydrogen-bond acceptors (Lipinski definition) is 5. The second-order valence-corrected chi connectivity index (χ2v) is 8.54. The van der Waals surface area contributed by atoms with Gasteiger partial charge in [0.1, 0.15) is 6.61 Å². The third-order valence-corrected chi connectivity index (χ3v) is 6.26. The average molecular weight is 483 g/mol. The molecule has 2 atom stereocenters. The molecule has 4 rings (SSSR count). The molecule has 2 saturated heterocycles. The number of aromatic amines is 1. The summed E-state index contributed by atoms with van der Waals surface area (Å²) >= 11 is 0. The highest BCUT2D eigenvalue weighted by molar-refractivity contribution is 5.75. The number of urea groups is 1. The predicted octanol–water partition coefficient (Wildman–Crippen LogP) is 3.48. The van der Waals surface area contributed by atoms with Crippen molar-refractivity contribution in [1.29, 1.82) is 0 Å². The van der Waals surface area contributed by atoms with Gasteiger partial charge in [-0.05, 0) is 24.1 Å². The third-order valence-electron chi connectivity index (χ3n) is 6.26. The number of likely N-dealkylation sites (tertiary alicyclic amines) is 1. The fourth-order valence-electron chi connectivity index (χ4n) is 4.45.